The second-order valence-corrected chi connectivity index (χ2v) is 4.82. The molecule has 3 N–H and O–H groups in total. The van der Waals surface area contributed by atoms with Crippen LogP contribution in [-0.2, 0) is 10.3 Å². The molecule has 106 valence electrons. The first kappa shape index (κ1) is 14.3. The van der Waals surface area contributed by atoms with E-state index in [2.05, 4.69) is 5.32 Å². The van der Waals surface area contributed by atoms with Gasteiger partial charge in [-0.25, -0.2) is 0 Å². The number of fused-ring (bicyclic) bond motifs is 1. The van der Waals surface area contributed by atoms with E-state index in [-0.39, 0.29) is 13.2 Å². The van der Waals surface area contributed by atoms with E-state index >= 15 is 0 Å². The Labute approximate surface area is 113 Å². The SMILES string of the molecule is COC[C@H](O)CN[C@@]1(CO)CCOc2ccccc21. The Morgan fingerprint density at radius 1 is 1.47 bits per heavy atom. The summed E-state index contributed by atoms with van der Waals surface area (Å²) in [5.41, 5.74) is 0.386. The average Bonchev–Trinajstić information content (AvgIpc) is 2.45. The zero-order valence-electron chi connectivity index (χ0n) is 11.1. The predicted octanol–water partition coefficient (Wildman–Crippen LogP) is 0.254. The molecule has 0 aromatic heterocycles. The highest BCUT2D eigenvalue weighted by atomic mass is 16.5. The zero-order chi connectivity index (χ0) is 13.7. The van der Waals surface area contributed by atoms with Gasteiger partial charge in [0.25, 0.3) is 0 Å². The summed E-state index contributed by atoms with van der Waals surface area (Å²) in [7, 11) is 1.55. The van der Waals surface area contributed by atoms with E-state index in [0.717, 1.165) is 11.3 Å². The molecule has 19 heavy (non-hydrogen) atoms. The third-order valence-electron chi connectivity index (χ3n) is 3.49. The number of hydrogen-bond acceptors (Lipinski definition) is 5. The third-order valence-corrected chi connectivity index (χ3v) is 3.49. The first-order valence-corrected chi connectivity index (χ1v) is 6.47. The van der Waals surface area contributed by atoms with Gasteiger partial charge in [-0.1, -0.05) is 18.2 Å². The summed E-state index contributed by atoms with van der Waals surface area (Å²) in [5.74, 6) is 0.788. The Kier molecular flexibility index (Phi) is 4.76. The number of aliphatic hydroxyl groups is 2. The maximum atomic E-state index is 9.80. The zero-order valence-corrected chi connectivity index (χ0v) is 11.1. The molecule has 1 aliphatic heterocycles. The fourth-order valence-electron chi connectivity index (χ4n) is 2.43. The molecule has 0 saturated heterocycles. The summed E-state index contributed by atoms with van der Waals surface area (Å²) >= 11 is 0. The minimum Gasteiger partial charge on any atom is -0.493 e. The Balaban J connectivity index is 2.15. The molecule has 5 nitrogen and oxygen atoms in total. The van der Waals surface area contributed by atoms with Crippen molar-refractivity contribution >= 4 is 0 Å². The largest absolute Gasteiger partial charge is 0.493 e. The van der Waals surface area contributed by atoms with E-state index in [9.17, 15) is 10.2 Å². The average molecular weight is 267 g/mol. The molecule has 0 fully saturated rings. The molecule has 0 bridgehead atoms. The van der Waals surface area contributed by atoms with Gasteiger partial charge in [-0.3, -0.25) is 0 Å². The van der Waals surface area contributed by atoms with Crippen molar-refractivity contribution in [3.63, 3.8) is 0 Å². The molecular weight excluding hydrogens is 246 g/mol. The van der Waals surface area contributed by atoms with Gasteiger partial charge in [0.1, 0.15) is 5.75 Å². The lowest BCUT2D eigenvalue weighted by atomic mass is 9.85. The lowest BCUT2D eigenvalue weighted by Crippen LogP contribution is -2.51. The number of nitrogens with one attached hydrogen (secondary N) is 1. The summed E-state index contributed by atoms with van der Waals surface area (Å²) in [4.78, 5) is 0. The summed E-state index contributed by atoms with van der Waals surface area (Å²) in [6, 6.07) is 7.67. The highest BCUT2D eigenvalue weighted by Crippen LogP contribution is 2.36. The van der Waals surface area contributed by atoms with Crippen molar-refractivity contribution in [2.75, 3.05) is 33.5 Å². The van der Waals surface area contributed by atoms with Crippen LogP contribution < -0.4 is 10.1 Å². The van der Waals surface area contributed by atoms with Crippen molar-refractivity contribution in [1.29, 1.82) is 0 Å². The van der Waals surface area contributed by atoms with Crippen LogP contribution in [0.4, 0.5) is 0 Å². The molecule has 1 aliphatic rings. The van der Waals surface area contributed by atoms with Gasteiger partial charge in [-0.15, -0.1) is 0 Å². The van der Waals surface area contributed by atoms with Crippen LogP contribution in [0.25, 0.3) is 0 Å². The molecule has 0 spiro atoms. The quantitative estimate of drug-likeness (QED) is 0.689. The van der Waals surface area contributed by atoms with E-state index in [1.54, 1.807) is 7.11 Å². The van der Waals surface area contributed by atoms with Crippen molar-refractivity contribution < 1.29 is 19.7 Å². The fraction of sp³-hybridized carbons (Fsp3) is 0.571. The van der Waals surface area contributed by atoms with E-state index in [1.165, 1.54) is 0 Å². The van der Waals surface area contributed by atoms with Crippen LogP contribution in [0.15, 0.2) is 24.3 Å². The van der Waals surface area contributed by atoms with Crippen LogP contribution in [-0.4, -0.2) is 49.8 Å². The standard InChI is InChI=1S/C14H21NO4/c1-18-9-11(17)8-15-14(10-16)6-7-19-13-5-3-2-4-12(13)14/h2-5,11,15-17H,6-10H2,1H3/t11-,14-/m1/s1. The Morgan fingerprint density at radius 2 is 2.26 bits per heavy atom. The Bertz CT molecular complexity index is 412. The number of rotatable bonds is 6. The molecule has 1 heterocycles. The second kappa shape index (κ2) is 6.34. The number of aliphatic hydroxyl groups excluding tert-OH is 2. The number of benzene rings is 1. The fourth-order valence-corrected chi connectivity index (χ4v) is 2.43. The highest BCUT2D eigenvalue weighted by Gasteiger charge is 2.37. The minimum absolute atomic E-state index is 0.0346. The molecule has 0 saturated carbocycles. The van der Waals surface area contributed by atoms with Crippen molar-refractivity contribution in [3.05, 3.63) is 29.8 Å². The van der Waals surface area contributed by atoms with Crippen LogP contribution in [0.1, 0.15) is 12.0 Å². The van der Waals surface area contributed by atoms with E-state index in [1.807, 2.05) is 24.3 Å². The Hall–Kier alpha value is -1.14. The van der Waals surface area contributed by atoms with Crippen molar-refractivity contribution in [2.45, 2.75) is 18.1 Å². The van der Waals surface area contributed by atoms with E-state index in [0.29, 0.717) is 19.6 Å². The van der Waals surface area contributed by atoms with Crippen LogP contribution in [0.5, 0.6) is 5.75 Å². The number of ether oxygens (including phenoxy) is 2. The van der Waals surface area contributed by atoms with Crippen molar-refractivity contribution in [2.24, 2.45) is 0 Å². The highest BCUT2D eigenvalue weighted by molar-refractivity contribution is 5.41. The Morgan fingerprint density at radius 3 is 3.00 bits per heavy atom. The number of methoxy groups -OCH3 is 1. The van der Waals surface area contributed by atoms with Gasteiger partial charge >= 0.3 is 0 Å². The summed E-state index contributed by atoms with van der Waals surface area (Å²) in [5, 5.41) is 22.8. The van der Waals surface area contributed by atoms with Crippen LogP contribution in [0.3, 0.4) is 0 Å². The van der Waals surface area contributed by atoms with Gasteiger partial charge in [0, 0.05) is 25.6 Å². The maximum absolute atomic E-state index is 9.80. The third kappa shape index (κ3) is 3.06. The summed E-state index contributed by atoms with van der Waals surface area (Å²) in [6.45, 7) is 1.15. The molecule has 1 aromatic rings. The van der Waals surface area contributed by atoms with Gasteiger partial charge in [0.05, 0.1) is 31.5 Å². The molecule has 1 aromatic carbocycles. The maximum Gasteiger partial charge on any atom is 0.124 e. The van der Waals surface area contributed by atoms with Crippen LogP contribution in [0.2, 0.25) is 0 Å². The van der Waals surface area contributed by atoms with Gasteiger partial charge in [0.15, 0.2) is 0 Å². The molecule has 5 heteroatoms. The minimum atomic E-state index is -0.594. The van der Waals surface area contributed by atoms with Crippen LogP contribution in [0, 0.1) is 0 Å². The van der Waals surface area contributed by atoms with Gasteiger partial charge in [-0.05, 0) is 6.07 Å². The summed E-state index contributed by atoms with van der Waals surface area (Å²) in [6.07, 6.45) is 0.0728. The van der Waals surface area contributed by atoms with Gasteiger partial charge < -0.3 is 25.0 Å². The lowest BCUT2D eigenvalue weighted by Gasteiger charge is -2.38. The second-order valence-electron chi connectivity index (χ2n) is 4.82. The topological polar surface area (TPSA) is 71.0 Å². The lowest BCUT2D eigenvalue weighted by molar-refractivity contribution is 0.0439. The normalized spacial score (nSPS) is 23.5. The molecule has 0 aliphatic carbocycles. The molecule has 2 rings (SSSR count). The molecule has 0 amide bonds. The van der Waals surface area contributed by atoms with Gasteiger partial charge in [-0.2, -0.15) is 0 Å². The molecule has 2 atom stereocenters. The number of para-hydroxylation sites is 1. The predicted molar refractivity (Wildman–Crippen MR) is 71.2 cm³/mol. The van der Waals surface area contributed by atoms with Gasteiger partial charge in [0.2, 0.25) is 0 Å². The summed E-state index contributed by atoms with van der Waals surface area (Å²) < 4.78 is 10.5. The van der Waals surface area contributed by atoms with Crippen LogP contribution >= 0.6 is 0 Å². The van der Waals surface area contributed by atoms with Crippen molar-refractivity contribution in [3.8, 4) is 5.75 Å². The first-order chi connectivity index (χ1) is 9.22. The molecular formula is C14H21NO4. The first-order valence-electron chi connectivity index (χ1n) is 6.47. The molecule has 0 radical (unpaired) electrons. The van der Waals surface area contributed by atoms with E-state index in [4.69, 9.17) is 9.47 Å². The molecule has 0 unspecified atom stereocenters. The van der Waals surface area contributed by atoms with E-state index < -0.39 is 11.6 Å². The van der Waals surface area contributed by atoms with Crippen molar-refractivity contribution in [1.82, 2.24) is 5.32 Å². The smallest absolute Gasteiger partial charge is 0.124 e. The monoisotopic (exact) mass is 267 g/mol. The number of hydrogen-bond donors (Lipinski definition) is 3.